The van der Waals surface area contributed by atoms with Crippen LogP contribution in [0.4, 0.5) is 0 Å². The molecular formula is C8H18NO-. The molecule has 10 heavy (non-hydrogen) atoms. The predicted octanol–water partition coefficient (Wildman–Crippen LogP) is 2.39. The van der Waals surface area contributed by atoms with E-state index < -0.39 is 0 Å². The van der Waals surface area contributed by atoms with Crippen LogP contribution < -0.4 is 0 Å². The predicted molar refractivity (Wildman–Crippen MR) is 44.8 cm³/mol. The van der Waals surface area contributed by atoms with Crippen LogP contribution in [0.5, 0.6) is 0 Å². The Morgan fingerprint density at radius 1 is 1.00 bits per heavy atom. The van der Waals surface area contributed by atoms with E-state index in [-0.39, 0.29) is 0 Å². The molecule has 0 amide bonds. The van der Waals surface area contributed by atoms with Gasteiger partial charge >= 0.3 is 0 Å². The number of hydrogen-bond donors (Lipinski definition) is 0. The molecule has 0 rings (SSSR count). The summed E-state index contributed by atoms with van der Waals surface area (Å²) in [5, 5.41) is 12.1. The monoisotopic (exact) mass is 144 g/mol. The lowest BCUT2D eigenvalue weighted by Gasteiger charge is -2.27. The maximum Gasteiger partial charge on any atom is -0.0145 e. The first kappa shape index (κ1) is 9.92. The van der Waals surface area contributed by atoms with E-state index in [4.69, 9.17) is 0 Å². The summed E-state index contributed by atoms with van der Waals surface area (Å²) in [5.74, 6) is 0. The molecule has 0 saturated heterocycles. The summed E-state index contributed by atoms with van der Waals surface area (Å²) in [6.45, 7) is 5.65. The number of nitrogens with zero attached hydrogens (tertiary/aromatic N) is 1. The Balaban J connectivity index is 3.00. The van der Waals surface area contributed by atoms with Crippen molar-refractivity contribution in [3.63, 3.8) is 0 Å². The first-order valence-corrected chi connectivity index (χ1v) is 4.23. The highest BCUT2D eigenvalue weighted by Crippen LogP contribution is 1.95. The maximum absolute atomic E-state index is 10.9. The van der Waals surface area contributed by atoms with Crippen molar-refractivity contribution in [2.24, 2.45) is 0 Å². The zero-order valence-electron chi connectivity index (χ0n) is 7.10. The third kappa shape index (κ3) is 6.05. The van der Waals surface area contributed by atoms with Crippen molar-refractivity contribution in [3.8, 4) is 0 Å². The van der Waals surface area contributed by atoms with Gasteiger partial charge in [0.2, 0.25) is 0 Å². The molecule has 0 aliphatic carbocycles. The molecule has 0 unspecified atom stereocenters. The molecule has 62 valence electrons. The normalized spacial score (nSPS) is 10.8. The smallest absolute Gasteiger partial charge is 0.0145 e. The Hall–Kier alpha value is -0.0800. The summed E-state index contributed by atoms with van der Waals surface area (Å²) in [6, 6.07) is 0. The minimum Gasteiger partial charge on any atom is -0.785 e. The molecule has 0 fully saturated rings. The second-order valence-corrected chi connectivity index (χ2v) is 2.64. The zero-order chi connectivity index (χ0) is 7.82. The van der Waals surface area contributed by atoms with Crippen LogP contribution in [0.25, 0.3) is 0 Å². The molecule has 0 aliphatic rings. The zero-order valence-corrected chi connectivity index (χ0v) is 7.10. The van der Waals surface area contributed by atoms with Gasteiger partial charge in [0.15, 0.2) is 0 Å². The fraction of sp³-hybridized carbons (Fsp3) is 1.00. The van der Waals surface area contributed by atoms with Crippen molar-refractivity contribution in [2.75, 3.05) is 13.1 Å². The minimum absolute atomic E-state index is 0.719. The molecule has 0 aliphatic heterocycles. The Labute approximate surface area is 63.8 Å². The first-order valence-electron chi connectivity index (χ1n) is 4.23. The van der Waals surface area contributed by atoms with Crippen LogP contribution in [0.3, 0.4) is 0 Å². The highest BCUT2D eigenvalue weighted by molar-refractivity contribution is 4.55. The van der Waals surface area contributed by atoms with Gasteiger partial charge in [-0.1, -0.05) is 26.7 Å². The van der Waals surface area contributed by atoms with Gasteiger partial charge in [-0.25, -0.2) is 0 Å². The lowest BCUT2D eigenvalue weighted by Crippen LogP contribution is -2.18. The Bertz CT molecular complexity index is 58.3. The van der Waals surface area contributed by atoms with Crippen LogP contribution in [-0.4, -0.2) is 18.2 Å². The molecule has 0 saturated carbocycles. The summed E-state index contributed by atoms with van der Waals surface area (Å²) < 4.78 is 0. The summed E-state index contributed by atoms with van der Waals surface area (Å²) in [7, 11) is 0. The van der Waals surface area contributed by atoms with E-state index in [9.17, 15) is 5.21 Å². The van der Waals surface area contributed by atoms with Crippen molar-refractivity contribution in [1.29, 1.82) is 0 Å². The average molecular weight is 144 g/mol. The van der Waals surface area contributed by atoms with E-state index in [2.05, 4.69) is 13.8 Å². The molecule has 0 aromatic heterocycles. The van der Waals surface area contributed by atoms with Gasteiger partial charge in [-0.05, 0) is 25.9 Å². The topological polar surface area (TPSA) is 26.3 Å². The van der Waals surface area contributed by atoms with Gasteiger partial charge in [-0.2, -0.15) is 0 Å². The van der Waals surface area contributed by atoms with Gasteiger partial charge in [0.25, 0.3) is 0 Å². The summed E-state index contributed by atoms with van der Waals surface area (Å²) in [5.41, 5.74) is 0. The average Bonchev–Trinajstić information content (AvgIpc) is 1.97. The molecule has 2 heteroatoms. The van der Waals surface area contributed by atoms with Gasteiger partial charge in [-0.3, -0.25) is 0 Å². The summed E-state index contributed by atoms with van der Waals surface area (Å²) in [4.78, 5) is 0. The van der Waals surface area contributed by atoms with E-state index in [1.807, 2.05) is 0 Å². The van der Waals surface area contributed by atoms with E-state index >= 15 is 0 Å². The molecule has 0 aromatic carbocycles. The van der Waals surface area contributed by atoms with Crippen LogP contribution in [-0.2, 0) is 0 Å². The molecule has 0 heterocycles. The van der Waals surface area contributed by atoms with E-state index in [0.717, 1.165) is 38.8 Å². The molecule has 0 bridgehead atoms. The van der Waals surface area contributed by atoms with Crippen molar-refractivity contribution < 1.29 is 0 Å². The minimum atomic E-state index is 0.719. The summed E-state index contributed by atoms with van der Waals surface area (Å²) in [6.07, 6.45) is 4.30. The van der Waals surface area contributed by atoms with Gasteiger partial charge in [0.1, 0.15) is 0 Å². The number of rotatable bonds is 6. The van der Waals surface area contributed by atoms with Crippen LogP contribution >= 0.6 is 0 Å². The highest BCUT2D eigenvalue weighted by atomic mass is 16.5. The Morgan fingerprint density at radius 2 is 1.40 bits per heavy atom. The second-order valence-electron chi connectivity index (χ2n) is 2.64. The molecule has 0 aromatic rings. The van der Waals surface area contributed by atoms with Gasteiger partial charge in [0, 0.05) is 0 Å². The van der Waals surface area contributed by atoms with Crippen molar-refractivity contribution in [2.45, 2.75) is 39.5 Å². The third-order valence-corrected chi connectivity index (χ3v) is 1.52. The number of hydrogen-bond acceptors (Lipinski definition) is 2. The molecular weight excluding hydrogens is 126 g/mol. The third-order valence-electron chi connectivity index (χ3n) is 1.52. The highest BCUT2D eigenvalue weighted by Gasteiger charge is 1.88. The molecule has 0 radical (unpaired) electrons. The van der Waals surface area contributed by atoms with Crippen molar-refractivity contribution in [1.82, 2.24) is 5.06 Å². The van der Waals surface area contributed by atoms with Crippen LogP contribution in [0.2, 0.25) is 0 Å². The van der Waals surface area contributed by atoms with E-state index in [1.165, 1.54) is 5.06 Å². The van der Waals surface area contributed by atoms with Crippen LogP contribution in [0.1, 0.15) is 39.5 Å². The second kappa shape index (κ2) is 7.03. The van der Waals surface area contributed by atoms with Gasteiger partial charge in [0.05, 0.1) is 0 Å². The van der Waals surface area contributed by atoms with E-state index in [1.54, 1.807) is 0 Å². The fourth-order valence-electron chi connectivity index (χ4n) is 0.781. The molecule has 0 spiro atoms. The Kier molecular flexibility index (Phi) is 6.98. The first-order chi connectivity index (χ1) is 4.81. The molecule has 2 nitrogen and oxygen atoms in total. The lowest BCUT2D eigenvalue weighted by atomic mass is 10.3. The van der Waals surface area contributed by atoms with Crippen LogP contribution in [0, 0.1) is 5.21 Å². The summed E-state index contributed by atoms with van der Waals surface area (Å²) >= 11 is 0. The standard InChI is InChI=1S/C8H18NO/c1-3-5-7-9(10)8-6-4-2/h3-8H2,1-2H3/q-1. The number of hydroxylamine groups is 2. The fourth-order valence-corrected chi connectivity index (χ4v) is 0.781. The van der Waals surface area contributed by atoms with E-state index in [0.29, 0.717) is 0 Å². The van der Waals surface area contributed by atoms with Gasteiger partial charge < -0.3 is 10.3 Å². The molecule has 0 atom stereocenters. The van der Waals surface area contributed by atoms with Crippen molar-refractivity contribution >= 4 is 0 Å². The van der Waals surface area contributed by atoms with Crippen LogP contribution in [0.15, 0.2) is 0 Å². The lowest BCUT2D eigenvalue weighted by molar-refractivity contribution is 0.362. The largest absolute Gasteiger partial charge is 0.785 e. The quantitative estimate of drug-likeness (QED) is 0.535. The molecule has 0 N–H and O–H groups in total. The Morgan fingerprint density at radius 3 is 1.70 bits per heavy atom. The van der Waals surface area contributed by atoms with Gasteiger partial charge in [-0.15, -0.1) is 0 Å². The van der Waals surface area contributed by atoms with Crippen molar-refractivity contribution in [3.05, 3.63) is 5.21 Å². The maximum atomic E-state index is 10.9. The number of unbranched alkanes of at least 4 members (excludes halogenated alkanes) is 2. The SMILES string of the molecule is CCCCN([O-])CCCC.